The van der Waals surface area contributed by atoms with Gasteiger partial charge >= 0.3 is 23.1 Å². The maximum Gasteiger partial charge on any atom is 2.00 e. The number of pyridine rings is 1. The summed E-state index contributed by atoms with van der Waals surface area (Å²) in [6, 6.07) is 5.50. The largest absolute Gasteiger partial charge is 2.00 e. The predicted octanol–water partition coefficient (Wildman–Crippen LogP) is 1.24. The van der Waals surface area contributed by atoms with Gasteiger partial charge in [-0.15, -0.1) is 17.0 Å². The van der Waals surface area contributed by atoms with Gasteiger partial charge in [-0.2, -0.15) is 18.2 Å². The molecule has 0 radical (unpaired) electrons. The molecule has 0 fully saturated rings. The van der Waals surface area contributed by atoms with Crippen molar-refractivity contribution >= 4 is 40.0 Å². The van der Waals surface area contributed by atoms with Crippen molar-refractivity contribution in [3.05, 3.63) is 30.6 Å². The predicted molar refractivity (Wildman–Crippen MR) is 44.2 cm³/mol. The molecular formula is C5H8BrMgN2+. The molecule has 0 aromatic carbocycles. The molecule has 0 saturated heterocycles. The Balaban J connectivity index is -0.000000120. The van der Waals surface area contributed by atoms with Crippen molar-refractivity contribution in [1.29, 1.82) is 0 Å². The van der Waals surface area contributed by atoms with E-state index in [1.54, 1.807) is 12.3 Å². The molecule has 0 aliphatic rings. The van der Waals surface area contributed by atoms with Gasteiger partial charge in [-0.1, -0.05) is 12.4 Å². The molecule has 1 rings (SSSR count). The second kappa shape index (κ2) is 11.2. The summed E-state index contributed by atoms with van der Waals surface area (Å²) in [6.07, 6.45) is 4.34. The van der Waals surface area contributed by atoms with E-state index in [9.17, 15) is 0 Å². The molecule has 2 nitrogen and oxygen atoms in total. The molecule has 3 N–H and O–H groups in total. The number of nitrogens with zero attached hydrogens (tertiary/aromatic N) is 1. The minimum absolute atomic E-state index is 0. The van der Waals surface area contributed by atoms with Crippen molar-refractivity contribution in [3.8, 4) is 0 Å². The number of hydrogen-bond donors (Lipinski definition) is 1. The molecule has 1 aromatic rings. The van der Waals surface area contributed by atoms with Crippen molar-refractivity contribution in [2.45, 2.75) is 0 Å². The fourth-order valence-electron chi connectivity index (χ4n) is 0.277. The van der Waals surface area contributed by atoms with Crippen LogP contribution < -0.4 is 6.15 Å². The molecule has 0 bridgehead atoms. The SMILES string of the molecule is Br.N.[Mg+2].[c-]1ccccn1. The van der Waals surface area contributed by atoms with Gasteiger partial charge in [-0.05, 0) is 0 Å². The number of halogens is 1. The summed E-state index contributed by atoms with van der Waals surface area (Å²) in [5.41, 5.74) is 0. The zero-order valence-corrected chi connectivity index (χ0v) is 8.21. The van der Waals surface area contributed by atoms with Crippen molar-refractivity contribution in [1.82, 2.24) is 11.1 Å². The Kier molecular flexibility index (Phi) is 20.1. The molecule has 0 amide bonds. The van der Waals surface area contributed by atoms with Crippen molar-refractivity contribution < 1.29 is 0 Å². The summed E-state index contributed by atoms with van der Waals surface area (Å²) < 4.78 is 0. The van der Waals surface area contributed by atoms with Gasteiger partial charge in [-0.3, -0.25) is 0 Å². The van der Waals surface area contributed by atoms with Gasteiger partial charge in [0.15, 0.2) is 0 Å². The van der Waals surface area contributed by atoms with Crippen LogP contribution >= 0.6 is 17.0 Å². The van der Waals surface area contributed by atoms with E-state index in [0.29, 0.717) is 0 Å². The van der Waals surface area contributed by atoms with Gasteiger partial charge in [0.25, 0.3) is 0 Å². The third-order valence-corrected chi connectivity index (χ3v) is 0.517. The molecule has 0 spiro atoms. The van der Waals surface area contributed by atoms with E-state index < -0.39 is 0 Å². The maximum absolute atomic E-state index is 3.66. The molecule has 0 saturated carbocycles. The Labute approximate surface area is 81.6 Å². The summed E-state index contributed by atoms with van der Waals surface area (Å²) in [6.45, 7) is 0. The molecule has 46 valence electrons. The molecular weight excluding hydrogens is 192 g/mol. The average Bonchev–Trinajstić information content (AvgIpc) is 1.72. The van der Waals surface area contributed by atoms with Crippen molar-refractivity contribution in [2.75, 3.05) is 0 Å². The van der Waals surface area contributed by atoms with E-state index in [-0.39, 0.29) is 46.2 Å². The van der Waals surface area contributed by atoms with Crippen molar-refractivity contribution in [2.24, 2.45) is 0 Å². The van der Waals surface area contributed by atoms with Gasteiger partial charge in [0.1, 0.15) is 0 Å². The molecule has 0 atom stereocenters. The first-order valence-electron chi connectivity index (χ1n) is 1.77. The second-order valence-corrected chi connectivity index (χ2v) is 0.959. The maximum atomic E-state index is 3.66. The summed E-state index contributed by atoms with van der Waals surface area (Å²) in [4.78, 5) is 3.66. The normalized spacial score (nSPS) is 5.33. The molecule has 0 aliphatic carbocycles. The first-order valence-corrected chi connectivity index (χ1v) is 1.77. The van der Waals surface area contributed by atoms with Crippen LogP contribution in [0, 0.1) is 6.20 Å². The van der Waals surface area contributed by atoms with Gasteiger partial charge in [0, 0.05) is 0 Å². The summed E-state index contributed by atoms with van der Waals surface area (Å²) >= 11 is 0. The van der Waals surface area contributed by atoms with Crippen molar-refractivity contribution in [3.63, 3.8) is 0 Å². The van der Waals surface area contributed by atoms with Crippen LogP contribution in [0.4, 0.5) is 0 Å². The Hall–Kier alpha value is 0.356. The minimum Gasteiger partial charge on any atom is -0.394 e. The molecule has 1 aromatic heterocycles. The Bertz CT molecular complexity index is 86.9. The van der Waals surface area contributed by atoms with Crippen LogP contribution in [0.2, 0.25) is 0 Å². The smallest absolute Gasteiger partial charge is 0.394 e. The zero-order chi connectivity index (χ0) is 4.24. The topological polar surface area (TPSA) is 47.9 Å². The average molecular weight is 200 g/mol. The van der Waals surface area contributed by atoms with E-state index in [0.717, 1.165) is 0 Å². The van der Waals surface area contributed by atoms with Gasteiger partial charge in [-0.25, -0.2) is 0 Å². The van der Waals surface area contributed by atoms with Crippen LogP contribution in [0.1, 0.15) is 0 Å². The number of hydrogen-bond acceptors (Lipinski definition) is 2. The number of rotatable bonds is 0. The Morgan fingerprint density at radius 1 is 1.22 bits per heavy atom. The van der Waals surface area contributed by atoms with E-state index in [1.165, 1.54) is 0 Å². The van der Waals surface area contributed by atoms with Crippen LogP contribution in [0.5, 0.6) is 0 Å². The fourth-order valence-corrected chi connectivity index (χ4v) is 0.277. The van der Waals surface area contributed by atoms with E-state index in [2.05, 4.69) is 11.2 Å². The molecule has 4 heteroatoms. The van der Waals surface area contributed by atoms with Crippen LogP contribution in [0.25, 0.3) is 0 Å². The quantitative estimate of drug-likeness (QED) is 0.506. The summed E-state index contributed by atoms with van der Waals surface area (Å²) in [7, 11) is 0. The van der Waals surface area contributed by atoms with Crippen LogP contribution in [0.15, 0.2) is 24.4 Å². The first kappa shape index (κ1) is 16.2. The van der Waals surface area contributed by atoms with Crippen LogP contribution in [0.3, 0.4) is 0 Å². The fraction of sp³-hybridized carbons (Fsp3) is 0. The van der Waals surface area contributed by atoms with E-state index >= 15 is 0 Å². The third kappa shape index (κ3) is 8.36. The van der Waals surface area contributed by atoms with Gasteiger partial charge < -0.3 is 11.1 Å². The Morgan fingerprint density at radius 2 is 1.89 bits per heavy atom. The minimum atomic E-state index is 0. The van der Waals surface area contributed by atoms with Crippen LogP contribution in [-0.4, -0.2) is 28.0 Å². The molecule has 0 unspecified atom stereocenters. The molecule has 1 heterocycles. The molecule has 9 heavy (non-hydrogen) atoms. The Morgan fingerprint density at radius 3 is 2.00 bits per heavy atom. The number of aromatic nitrogens is 1. The van der Waals surface area contributed by atoms with Gasteiger partial charge in [0.05, 0.1) is 0 Å². The second-order valence-electron chi connectivity index (χ2n) is 0.959. The van der Waals surface area contributed by atoms with E-state index in [1.807, 2.05) is 12.1 Å². The molecule has 0 aliphatic heterocycles. The van der Waals surface area contributed by atoms with E-state index in [4.69, 9.17) is 0 Å². The summed E-state index contributed by atoms with van der Waals surface area (Å²) in [5.74, 6) is 0. The zero-order valence-electron chi connectivity index (χ0n) is 5.08. The van der Waals surface area contributed by atoms with Gasteiger partial charge in [0.2, 0.25) is 0 Å². The summed E-state index contributed by atoms with van der Waals surface area (Å²) in [5, 5.41) is 0. The monoisotopic (exact) mass is 199 g/mol. The third-order valence-electron chi connectivity index (χ3n) is 0.517. The van der Waals surface area contributed by atoms with Crippen LogP contribution in [-0.2, 0) is 0 Å². The standard InChI is InChI=1S/C5H4N.BrH.Mg.H3N/c1-2-4-6-5-3-1;;;/h1-4H;1H;;1H3/q-1;;+2;. The first-order chi connectivity index (χ1) is 3.00.